The SMILES string of the molecule is CC(C)(C)c1c(Br)cc(C(=O)O)c([N+](=O)[O-])c1[N+](=O)[O-]. The number of benzene rings is 1. The Labute approximate surface area is 121 Å². The summed E-state index contributed by atoms with van der Waals surface area (Å²) in [5.41, 5.74) is -3.21. The normalized spacial score (nSPS) is 11.2. The number of nitro groups is 2. The van der Waals surface area contributed by atoms with Crippen molar-refractivity contribution in [3.05, 3.63) is 41.9 Å². The van der Waals surface area contributed by atoms with Gasteiger partial charge in [0.15, 0.2) is 0 Å². The van der Waals surface area contributed by atoms with Crippen molar-refractivity contribution in [2.75, 3.05) is 0 Å². The zero-order valence-electron chi connectivity index (χ0n) is 10.8. The van der Waals surface area contributed by atoms with Crippen molar-refractivity contribution < 1.29 is 19.7 Å². The molecule has 0 aromatic heterocycles. The van der Waals surface area contributed by atoms with E-state index in [0.29, 0.717) is 0 Å². The Bertz CT molecular complexity index is 620. The summed E-state index contributed by atoms with van der Waals surface area (Å²) >= 11 is 3.06. The zero-order valence-corrected chi connectivity index (χ0v) is 12.4. The fraction of sp³-hybridized carbons (Fsp3) is 0.364. The van der Waals surface area contributed by atoms with Gasteiger partial charge in [-0.15, -0.1) is 0 Å². The number of nitrogens with zero attached hydrogens (tertiary/aromatic N) is 2. The number of hydrogen-bond acceptors (Lipinski definition) is 5. The maximum absolute atomic E-state index is 11.2. The quantitative estimate of drug-likeness (QED) is 0.661. The summed E-state index contributed by atoms with van der Waals surface area (Å²) < 4.78 is 0.153. The summed E-state index contributed by atoms with van der Waals surface area (Å²) in [7, 11) is 0. The van der Waals surface area contributed by atoms with Crippen LogP contribution in [0, 0.1) is 20.2 Å². The van der Waals surface area contributed by atoms with E-state index < -0.39 is 38.2 Å². The van der Waals surface area contributed by atoms with Crippen LogP contribution in [0.25, 0.3) is 0 Å². The Hall–Kier alpha value is -2.03. The second-order valence-electron chi connectivity index (χ2n) is 5.05. The third-order valence-corrected chi connectivity index (χ3v) is 3.20. The molecule has 1 aromatic carbocycles. The van der Waals surface area contributed by atoms with Gasteiger partial charge < -0.3 is 5.11 Å². The second-order valence-corrected chi connectivity index (χ2v) is 5.90. The van der Waals surface area contributed by atoms with Crippen LogP contribution in [0.1, 0.15) is 36.7 Å². The minimum Gasteiger partial charge on any atom is -0.477 e. The molecule has 0 bridgehead atoms. The summed E-state index contributed by atoms with van der Waals surface area (Å²) in [5, 5.41) is 31.3. The van der Waals surface area contributed by atoms with Gasteiger partial charge in [0.05, 0.1) is 15.4 Å². The van der Waals surface area contributed by atoms with Crippen molar-refractivity contribution in [2.24, 2.45) is 0 Å². The number of hydrogen-bond donors (Lipinski definition) is 1. The van der Waals surface area contributed by atoms with Gasteiger partial charge >= 0.3 is 17.3 Å². The summed E-state index contributed by atoms with van der Waals surface area (Å²) in [5.74, 6) is -1.60. The molecule has 0 atom stereocenters. The van der Waals surface area contributed by atoms with Crippen molar-refractivity contribution in [2.45, 2.75) is 26.2 Å². The number of halogens is 1. The van der Waals surface area contributed by atoms with Crippen LogP contribution in [0.2, 0.25) is 0 Å². The summed E-state index contributed by atoms with van der Waals surface area (Å²) in [6.07, 6.45) is 0. The average Bonchev–Trinajstić information content (AvgIpc) is 2.24. The highest BCUT2D eigenvalue weighted by Gasteiger charge is 2.40. The van der Waals surface area contributed by atoms with Crippen LogP contribution in [-0.4, -0.2) is 20.9 Å². The third kappa shape index (κ3) is 2.77. The van der Waals surface area contributed by atoms with Crippen molar-refractivity contribution in [1.29, 1.82) is 0 Å². The van der Waals surface area contributed by atoms with Crippen molar-refractivity contribution in [3.8, 4) is 0 Å². The molecule has 0 fully saturated rings. The molecule has 9 heteroatoms. The molecule has 0 unspecified atom stereocenters. The number of nitro benzene ring substituents is 2. The predicted octanol–water partition coefficient (Wildman–Crippen LogP) is 3.26. The number of carbonyl (C=O) groups is 1. The monoisotopic (exact) mass is 346 g/mol. The lowest BCUT2D eigenvalue weighted by molar-refractivity contribution is -0.423. The maximum atomic E-state index is 11.2. The van der Waals surface area contributed by atoms with Crippen LogP contribution in [0.3, 0.4) is 0 Å². The van der Waals surface area contributed by atoms with Crippen molar-refractivity contribution in [3.63, 3.8) is 0 Å². The molecule has 0 aliphatic carbocycles. The van der Waals surface area contributed by atoms with Gasteiger partial charge in [0, 0.05) is 4.47 Å². The molecule has 1 aromatic rings. The first-order valence-corrected chi connectivity index (χ1v) is 6.16. The molecule has 0 spiro atoms. The number of rotatable bonds is 3. The van der Waals surface area contributed by atoms with E-state index in [2.05, 4.69) is 15.9 Å². The topological polar surface area (TPSA) is 124 Å². The maximum Gasteiger partial charge on any atom is 0.360 e. The standard InChI is InChI=1S/C11H11BrN2O6/c1-11(2,3)7-6(12)4-5(10(15)16)8(13(17)18)9(7)14(19)20/h4H,1-3H3,(H,15,16). The molecule has 8 nitrogen and oxygen atoms in total. The minimum atomic E-state index is -1.60. The summed E-state index contributed by atoms with van der Waals surface area (Å²) in [6, 6.07) is 1.02. The molecular formula is C11H11BrN2O6. The van der Waals surface area contributed by atoms with E-state index in [1.807, 2.05) is 0 Å². The van der Waals surface area contributed by atoms with Gasteiger partial charge in [0.25, 0.3) is 0 Å². The van der Waals surface area contributed by atoms with Crippen molar-refractivity contribution in [1.82, 2.24) is 0 Å². The number of aromatic carboxylic acids is 1. The fourth-order valence-corrected chi connectivity index (χ4v) is 2.88. The molecule has 0 saturated carbocycles. The Kier molecular flexibility index (Phi) is 4.13. The highest BCUT2D eigenvalue weighted by atomic mass is 79.9. The fourth-order valence-electron chi connectivity index (χ4n) is 1.87. The van der Waals surface area contributed by atoms with E-state index in [4.69, 9.17) is 5.11 Å². The summed E-state index contributed by atoms with van der Waals surface area (Å²) in [6.45, 7) is 4.93. The van der Waals surface area contributed by atoms with Crippen LogP contribution >= 0.6 is 15.9 Å². The van der Waals surface area contributed by atoms with Crippen LogP contribution in [0.5, 0.6) is 0 Å². The van der Waals surface area contributed by atoms with Gasteiger partial charge in [-0.2, -0.15) is 0 Å². The molecule has 108 valence electrons. The zero-order chi connectivity index (χ0) is 15.8. The highest BCUT2D eigenvalue weighted by molar-refractivity contribution is 9.10. The molecular weight excluding hydrogens is 336 g/mol. The van der Waals surface area contributed by atoms with Crippen LogP contribution < -0.4 is 0 Å². The molecule has 0 saturated heterocycles. The van der Waals surface area contributed by atoms with Gasteiger partial charge in [-0.3, -0.25) is 20.2 Å². The summed E-state index contributed by atoms with van der Waals surface area (Å²) in [4.78, 5) is 31.4. The van der Waals surface area contributed by atoms with Crippen LogP contribution in [-0.2, 0) is 5.41 Å². The predicted molar refractivity (Wildman–Crippen MR) is 73.1 cm³/mol. The third-order valence-electron chi connectivity index (χ3n) is 2.57. The van der Waals surface area contributed by atoms with E-state index in [1.165, 1.54) is 0 Å². The lowest BCUT2D eigenvalue weighted by Crippen LogP contribution is -2.18. The van der Waals surface area contributed by atoms with Gasteiger partial charge in [-0.05, 0) is 11.5 Å². The lowest BCUT2D eigenvalue weighted by Gasteiger charge is -2.20. The first-order valence-electron chi connectivity index (χ1n) is 5.37. The van der Waals surface area contributed by atoms with E-state index in [9.17, 15) is 25.0 Å². The highest BCUT2D eigenvalue weighted by Crippen LogP contribution is 2.44. The second kappa shape index (κ2) is 5.16. The largest absolute Gasteiger partial charge is 0.477 e. The first kappa shape index (κ1) is 16.0. The lowest BCUT2D eigenvalue weighted by atomic mass is 9.84. The Morgan fingerprint density at radius 1 is 1.20 bits per heavy atom. The first-order chi connectivity index (χ1) is 8.98. The molecule has 1 rings (SSSR count). The van der Waals surface area contributed by atoms with Gasteiger partial charge in [0.1, 0.15) is 5.56 Å². The van der Waals surface area contributed by atoms with E-state index in [0.717, 1.165) is 6.07 Å². The molecule has 0 amide bonds. The van der Waals surface area contributed by atoms with Gasteiger partial charge in [-0.25, -0.2) is 4.79 Å². The molecule has 0 heterocycles. The molecule has 0 aliphatic rings. The molecule has 1 N–H and O–H groups in total. The van der Waals surface area contributed by atoms with E-state index in [1.54, 1.807) is 20.8 Å². The van der Waals surface area contributed by atoms with Crippen LogP contribution in [0.15, 0.2) is 10.5 Å². The number of carboxylic acid groups (broad SMARTS) is 1. The number of carboxylic acids is 1. The van der Waals surface area contributed by atoms with Gasteiger partial charge in [-0.1, -0.05) is 36.7 Å². The molecule has 0 aliphatic heterocycles. The van der Waals surface area contributed by atoms with Crippen LogP contribution in [0.4, 0.5) is 11.4 Å². The van der Waals surface area contributed by atoms with Gasteiger partial charge in [0.2, 0.25) is 0 Å². The Morgan fingerprint density at radius 3 is 1.95 bits per heavy atom. The Balaban J connectivity index is 4.01. The van der Waals surface area contributed by atoms with E-state index in [-0.39, 0.29) is 10.0 Å². The smallest absolute Gasteiger partial charge is 0.360 e. The minimum absolute atomic E-state index is 0.0826. The molecule has 0 radical (unpaired) electrons. The van der Waals surface area contributed by atoms with E-state index >= 15 is 0 Å². The average molecular weight is 347 g/mol. The molecule has 20 heavy (non-hydrogen) atoms. The van der Waals surface area contributed by atoms with Crippen molar-refractivity contribution >= 4 is 33.3 Å². The Morgan fingerprint density at radius 2 is 1.65 bits per heavy atom.